The Bertz CT molecular complexity index is 863. The van der Waals surface area contributed by atoms with Crippen LogP contribution in [0.2, 0.25) is 0 Å². The van der Waals surface area contributed by atoms with Crippen molar-refractivity contribution in [1.29, 1.82) is 0 Å². The lowest BCUT2D eigenvalue weighted by molar-refractivity contribution is 0.102. The molecule has 0 bridgehead atoms. The van der Waals surface area contributed by atoms with Crippen molar-refractivity contribution in [3.05, 3.63) is 53.6 Å². The molecule has 2 rings (SSSR count). The summed E-state index contributed by atoms with van der Waals surface area (Å²) in [6, 6.07) is 11.7. The molecule has 134 valence electrons. The average Bonchev–Trinajstić information content (AvgIpc) is 2.61. The van der Waals surface area contributed by atoms with Gasteiger partial charge in [-0.2, -0.15) is 0 Å². The molecule has 0 heterocycles. The minimum atomic E-state index is -3.76. The standard InChI is InChI=1S/C18H22N2O4S/c1-4-11-19-25(22,23)17-12-14(9-10-16(17)24-3)18(21)20-15-8-6-5-7-13(15)2/h5-10,12,19H,4,11H2,1-3H3,(H,20,21). The molecule has 2 aromatic rings. The number of carbonyl (C=O) groups excluding carboxylic acids is 1. The number of aryl methyl sites for hydroxylation is 1. The van der Waals surface area contributed by atoms with Gasteiger partial charge in [-0.15, -0.1) is 0 Å². The predicted octanol–water partition coefficient (Wildman–Crippen LogP) is 2.94. The first-order valence-corrected chi connectivity index (χ1v) is 9.42. The molecule has 0 spiro atoms. The first-order chi connectivity index (χ1) is 11.9. The zero-order valence-electron chi connectivity index (χ0n) is 14.5. The van der Waals surface area contributed by atoms with E-state index in [1.807, 2.05) is 32.0 Å². The fraction of sp³-hybridized carbons (Fsp3) is 0.278. The molecule has 6 nitrogen and oxygen atoms in total. The Labute approximate surface area is 148 Å². The fourth-order valence-electron chi connectivity index (χ4n) is 2.25. The van der Waals surface area contributed by atoms with Gasteiger partial charge in [-0.3, -0.25) is 4.79 Å². The highest BCUT2D eigenvalue weighted by atomic mass is 32.2. The lowest BCUT2D eigenvalue weighted by atomic mass is 10.1. The minimum absolute atomic E-state index is 0.0547. The van der Waals surface area contributed by atoms with Crippen LogP contribution in [0.1, 0.15) is 29.3 Å². The smallest absolute Gasteiger partial charge is 0.255 e. The van der Waals surface area contributed by atoms with E-state index in [1.54, 1.807) is 6.07 Å². The molecule has 0 unspecified atom stereocenters. The number of benzene rings is 2. The van der Waals surface area contributed by atoms with Crippen LogP contribution in [-0.2, 0) is 10.0 Å². The molecule has 2 N–H and O–H groups in total. The van der Waals surface area contributed by atoms with Crippen molar-refractivity contribution in [2.75, 3.05) is 19.0 Å². The van der Waals surface area contributed by atoms with Crippen molar-refractivity contribution in [2.45, 2.75) is 25.2 Å². The molecule has 1 amide bonds. The number of sulfonamides is 1. The van der Waals surface area contributed by atoms with Crippen LogP contribution in [0.4, 0.5) is 5.69 Å². The number of para-hydroxylation sites is 1. The number of anilines is 1. The van der Waals surface area contributed by atoms with Gasteiger partial charge in [0.2, 0.25) is 10.0 Å². The van der Waals surface area contributed by atoms with Crippen LogP contribution in [0.15, 0.2) is 47.4 Å². The van der Waals surface area contributed by atoms with Gasteiger partial charge in [0.15, 0.2) is 0 Å². The lowest BCUT2D eigenvalue weighted by Gasteiger charge is -2.13. The highest BCUT2D eigenvalue weighted by Gasteiger charge is 2.21. The largest absolute Gasteiger partial charge is 0.495 e. The first-order valence-electron chi connectivity index (χ1n) is 7.93. The van der Waals surface area contributed by atoms with Gasteiger partial charge >= 0.3 is 0 Å². The summed E-state index contributed by atoms with van der Waals surface area (Å²) in [5.74, 6) is -0.195. The molecule has 0 aliphatic heterocycles. The van der Waals surface area contributed by atoms with Crippen LogP contribution >= 0.6 is 0 Å². The van der Waals surface area contributed by atoms with Gasteiger partial charge in [0.25, 0.3) is 5.91 Å². The van der Waals surface area contributed by atoms with E-state index in [4.69, 9.17) is 4.74 Å². The van der Waals surface area contributed by atoms with E-state index in [2.05, 4.69) is 10.0 Å². The summed E-state index contributed by atoms with van der Waals surface area (Å²) >= 11 is 0. The van der Waals surface area contributed by atoms with E-state index in [0.29, 0.717) is 18.7 Å². The summed E-state index contributed by atoms with van der Waals surface area (Å²) in [4.78, 5) is 12.4. The highest BCUT2D eigenvalue weighted by Crippen LogP contribution is 2.25. The van der Waals surface area contributed by atoms with Crippen molar-refractivity contribution in [3.8, 4) is 5.75 Å². The third-order valence-electron chi connectivity index (χ3n) is 3.65. The van der Waals surface area contributed by atoms with E-state index in [9.17, 15) is 13.2 Å². The number of ether oxygens (including phenoxy) is 1. The van der Waals surface area contributed by atoms with Gasteiger partial charge in [-0.05, 0) is 43.2 Å². The monoisotopic (exact) mass is 362 g/mol. The van der Waals surface area contributed by atoms with E-state index in [-0.39, 0.29) is 22.1 Å². The van der Waals surface area contributed by atoms with E-state index in [0.717, 1.165) is 5.56 Å². The second-order valence-corrected chi connectivity index (χ2v) is 7.27. The van der Waals surface area contributed by atoms with Crippen molar-refractivity contribution in [2.24, 2.45) is 0 Å². The highest BCUT2D eigenvalue weighted by molar-refractivity contribution is 7.89. The van der Waals surface area contributed by atoms with Gasteiger partial charge in [0.05, 0.1) is 7.11 Å². The second-order valence-electron chi connectivity index (χ2n) is 5.53. The molecule has 0 fully saturated rings. The van der Waals surface area contributed by atoms with E-state index >= 15 is 0 Å². The van der Waals surface area contributed by atoms with Crippen molar-refractivity contribution in [1.82, 2.24) is 4.72 Å². The number of carbonyl (C=O) groups is 1. The number of amides is 1. The molecule has 0 radical (unpaired) electrons. The molecule has 0 aliphatic carbocycles. The second kappa shape index (κ2) is 8.13. The van der Waals surface area contributed by atoms with Crippen LogP contribution in [-0.4, -0.2) is 28.0 Å². The number of nitrogens with one attached hydrogen (secondary N) is 2. The summed E-state index contributed by atoms with van der Waals surface area (Å²) in [6.07, 6.45) is 0.662. The Balaban J connectivity index is 2.35. The van der Waals surface area contributed by atoms with Crippen LogP contribution < -0.4 is 14.8 Å². The molecular weight excluding hydrogens is 340 g/mol. The zero-order valence-corrected chi connectivity index (χ0v) is 15.3. The molecule has 7 heteroatoms. The maximum Gasteiger partial charge on any atom is 0.255 e. The first kappa shape index (κ1) is 19.0. The quantitative estimate of drug-likeness (QED) is 0.793. The maximum atomic E-state index is 12.5. The Morgan fingerprint density at radius 2 is 1.88 bits per heavy atom. The van der Waals surface area contributed by atoms with Crippen molar-refractivity contribution < 1.29 is 17.9 Å². The van der Waals surface area contributed by atoms with Crippen LogP contribution in [0.3, 0.4) is 0 Å². The van der Waals surface area contributed by atoms with Crippen LogP contribution in [0, 0.1) is 6.92 Å². The fourth-order valence-corrected chi connectivity index (χ4v) is 3.58. The average molecular weight is 362 g/mol. The van der Waals surface area contributed by atoms with E-state index in [1.165, 1.54) is 25.3 Å². The Kier molecular flexibility index (Phi) is 6.17. The normalized spacial score (nSPS) is 11.2. The Morgan fingerprint density at radius 3 is 2.52 bits per heavy atom. The summed E-state index contributed by atoms with van der Waals surface area (Å²) in [5, 5.41) is 2.79. The Hall–Kier alpha value is -2.38. The molecule has 0 atom stereocenters. The summed E-state index contributed by atoms with van der Waals surface area (Å²) in [7, 11) is -2.37. The Morgan fingerprint density at radius 1 is 1.16 bits per heavy atom. The van der Waals surface area contributed by atoms with Crippen LogP contribution in [0.5, 0.6) is 5.75 Å². The van der Waals surface area contributed by atoms with Gasteiger partial charge in [-0.25, -0.2) is 13.1 Å². The molecule has 0 aliphatic rings. The summed E-state index contributed by atoms with van der Waals surface area (Å²) in [5.41, 5.74) is 1.83. The van der Waals surface area contributed by atoms with Gasteiger partial charge in [0.1, 0.15) is 10.6 Å². The molecule has 2 aromatic carbocycles. The summed E-state index contributed by atoms with van der Waals surface area (Å²) in [6.45, 7) is 4.06. The van der Waals surface area contributed by atoms with Crippen molar-refractivity contribution in [3.63, 3.8) is 0 Å². The topological polar surface area (TPSA) is 84.5 Å². The third kappa shape index (κ3) is 4.58. The number of methoxy groups -OCH3 is 1. The molecular formula is C18H22N2O4S. The van der Waals surface area contributed by atoms with Gasteiger partial charge in [-0.1, -0.05) is 25.1 Å². The SMILES string of the molecule is CCCNS(=O)(=O)c1cc(C(=O)Nc2ccccc2C)ccc1OC. The maximum absolute atomic E-state index is 12.5. The van der Waals surface area contributed by atoms with Gasteiger partial charge in [0, 0.05) is 17.8 Å². The number of hydrogen-bond donors (Lipinski definition) is 2. The lowest BCUT2D eigenvalue weighted by Crippen LogP contribution is -2.25. The van der Waals surface area contributed by atoms with Gasteiger partial charge < -0.3 is 10.1 Å². The zero-order chi connectivity index (χ0) is 18.4. The van der Waals surface area contributed by atoms with Crippen molar-refractivity contribution >= 4 is 21.6 Å². The number of hydrogen-bond acceptors (Lipinski definition) is 4. The van der Waals surface area contributed by atoms with Crippen LogP contribution in [0.25, 0.3) is 0 Å². The minimum Gasteiger partial charge on any atom is -0.495 e. The molecule has 0 saturated heterocycles. The molecule has 25 heavy (non-hydrogen) atoms. The van der Waals surface area contributed by atoms with E-state index < -0.39 is 10.0 Å². The molecule has 0 saturated carbocycles. The predicted molar refractivity (Wildman–Crippen MR) is 97.6 cm³/mol. The summed E-state index contributed by atoms with van der Waals surface area (Å²) < 4.78 is 32.5. The molecule has 0 aromatic heterocycles. The third-order valence-corrected chi connectivity index (χ3v) is 5.13. The number of rotatable bonds is 7.